The first kappa shape index (κ1) is 14.8. The van der Waals surface area contributed by atoms with Crippen LogP contribution in [0.2, 0.25) is 0 Å². The Morgan fingerprint density at radius 2 is 1.76 bits per heavy atom. The molecule has 0 aliphatic carbocycles. The van der Waals surface area contributed by atoms with Gasteiger partial charge in [0, 0.05) is 0 Å². The van der Waals surface area contributed by atoms with Crippen molar-refractivity contribution >= 4 is 5.97 Å². The lowest BCUT2D eigenvalue weighted by molar-refractivity contribution is -0.274. The van der Waals surface area contributed by atoms with Crippen LogP contribution in [0.1, 0.15) is 10.4 Å². The zero-order chi connectivity index (χ0) is 15.6. The largest absolute Gasteiger partial charge is 0.573 e. The van der Waals surface area contributed by atoms with Gasteiger partial charge in [-0.25, -0.2) is 9.18 Å². The Balaban J connectivity index is 2.42. The molecule has 1 N–H and O–H groups in total. The standard InChI is InChI=1S/C14H8F4O3/c15-11-5-9(4-10(6-11)13(19)20)8-2-1-3-12(7-8)21-14(16,17)18/h1-7H,(H,19,20). The van der Waals surface area contributed by atoms with Gasteiger partial charge >= 0.3 is 12.3 Å². The van der Waals surface area contributed by atoms with Crippen molar-refractivity contribution in [2.75, 3.05) is 0 Å². The Morgan fingerprint density at radius 3 is 2.38 bits per heavy atom. The second-order valence-corrected chi connectivity index (χ2v) is 4.11. The van der Waals surface area contributed by atoms with Gasteiger partial charge in [0.15, 0.2) is 0 Å². The molecule has 0 saturated heterocycles. The lowest BCUT2D eigenvalue weighted by Crippen LogP contribution is -2.17. The van der Waals surface area contributed by atoms with Crippen LogP contribution in [-0.4, -0.2) is 17.4 Å². The monoisotopic (exact) mass is 300 g/mol. The van der Waals surface area contributed by atoms with Crippen molar-refractivity contribution in [1.82, 2.24) is 0 Å². The summed E-state index contributed by atoms with van der Waals surface area (Å²) in [5.41, 5.74) is 0.0471. The van der Waals surface area contributed by atoms with Crippen molar-refractivity contribution in [1.29, 1.82) is 0 Å². The topological polar surface area (TPSA) is 46.5 Å². The molecule has 0 saturated carbocycles. The van der Waals surface area contributed by atoms with Crippen LogP contribution in [-0.2, 0) is 0 Å². The summed E-state index contributed by atoms with van der Waals surface area (Å²) in [6.45, 7) is 0. The van der Waals surface area contributed by atoms with E-state index in [0.717, 1.165) is 30.3 Å². The van der Waals surface area contributed by atoms with Gasteiger partial charge < -0.3 is 9.84 Å². The van der Waals surface area contributed by atoms with Crippen molar-refractivity contribution in [2.45, 2.75) is 6.36 Å². The SMILES string of the molecule is O=C(O)c1cc(F)cc(-c2cccc(OC(F)(F)F)c2)c1. The average molecular weight is 300 g/mol. The minimum absolute atomic E-state index is 0.139. The van der Waals surface area contributed by atoms with E-state index in [1.54, 1.807) is 0 Å². The average Bonchev–Trinajstić information content (AvgIpc) is 2.36. The van der Waals surface area contributed by atoms with Crippen molar-refractivity contribution < 1.29 is 32.2 Å². The zero-order valence-corrected chi connectivity index (χ0v) is 10.3. The molecule has 7 heteroatoms. The fourth-order valence-electron chi connectivity index (χ4n) is 1.75. The van der Waals surface area contributed by atoms with Gasteiger partial charge in [0.05, 0.1) is 5.56 Å². The number of carboxylic acids is 1. The van der Waals surface area contributed by atoms with Gasteiger partial charge in [-0.15, -0.1) is 13.2 Å². The van der Waals surface area contributed by atoms with Gasteiger partial charge in [-0.1, -0.05) is 12.1 Å². The van der Waals surface area contributed by atoms with Crippen LogP contribution in [0.4, 0.5) is 17.6 Å². The number of carbonyl (C=O) groups is 1. The Bertz CT molecular complexity index is 680. The van der Waals surface area contributed by atoms with Gasteiger partial charge in [-0.05, 0) is 41.5 Å². The molecule has 110 valence electrons. The Kier molecular flexibility index (Phi) is 3.84. The summed E-state index contributed by atoms with van der Waals surface area (Å²) in [5, 5.41) is 8.85. The third kappa shape index (κ3) is 3.95. The number of benzene rings is 2. The highest BCUT2D eigenvalue weighted by Crippen LogP contribution is 2.29. The number of alkyl halides is 3. The van der Waals surface area contributed by atoms with E-state index in [2.05, 4.69) is 4.74 Å². The summed E-state index contributed by atoms with van der Waals surface area (Å²) >= 11 is 0. The number of halogens is 4. The van der Waals surface area contributed by atoms with Crippen LogP contribution >= 0.6 is 0 Å². The summed E-state index contributed by atoms with van der Waals surface area (Å²) < 4.78 is 53.6. The minimum atomic E-state index is -4.84. The van der Waals surface area contributed by atoms with E-state index in [-0.39, 0.29) is 16.7 Å². The third-order valence-corrected chi connectivity index (χ3v) is 2.55. The molecule has 3 nitrogen and oxygen atoms in total. The molecule has 0 spiro atoms. The summed E-state index contributed by atoms with van der Waals surface area (Å²) in [6, 6.07) is 7.87. The molecule has 2 rings (SSSR count). The predicted octanol–water partition coefficient (Wildman–Crippen LogP) is 4.09. The molecule has 0 atom stereocenters. The number of hydrogen-bond acceptors (Lipinski definition) is 2. The van der Waals surface area contributed by atoms with E-state index in [0.29, 0.717) is 0 Å². The highest BCUT2D eigenvalue weighted by molar-refractivity contribution is 5.89. The number of ether oxygens (including phenoxy) is 1. The van der Waals surface area contributed by atoms with E-state index < -0.39 is 23.9 Å². The zero-order valence-electron chi connectivity index (χ0n) is 10.3. The van der Waals surface area contributed by atoms with Crippen molar-refractivity contribution in [3.8, 4) is 16.9 Å². The molecule has 0 bridgehead atoms. The molecule has 21 heavy (non-hydrogen) atoms. The second-order valence-electron chi connectivity index (χ2n) is 4.11. The van der Waals surface area contributed by atoms with Gasteiger partial charge in [0.1, 0.15) is 11.6 Å². The van der Waals surface area contributed by atoms with Crippen molar-refractivity contribution in [3.63, 3.8) is 0 Å². The van der Waals surface area contributed by atoms with Crippen LogP contribution in [0.15, 0.2) is 42.5 Å². The molecule has 0 unspecified atom stereocenters. The maximum atomic E-state index is 13.4. The number of carboxylic acid groups (broad SMARTS) is 1. The summed E-state index contributed by atoms with van der Waals surface area (Å²) in [5.74, 6) is -2.60. The highest BCUT2D eigenvalue weighted by Gasteiger charge is 2.31. The second kappa shape index (κ2) is 5.43. The highest BCUT2D eigenvalue weighted by atomic mass is 19.4. The molecule has 0 radical (unpaired) electrons. The third-order valence-electron chi connectivity index (χ3n) is 2.55. The van der Waals surface area contributed by atoms with Crippen molar-refractivity contribution in [2.24, 2.45) is 0 Å². The molecule has 0 fully saturated rings. The molecule has 0 aromatic heterocycles. The van der Waals surface area contributed by atoms with Gasteiger partial charge in [-0.2, -0.15) is 0 Å². The number of rotatable bonds is 3. The minimum Gasteiger partial charge on any atom is -0.478 e. The predicted molar refractivity (Wildman–Crippen MR) is 65.5 cm³/mol. The molecular formula is C14H8F4O3. The van der Waals surface area contributed by atoms with Gasteiger partial charge in [-0.3, -0.25) is 0 Å². The van der Waals surface area contributed by atoms with E-state index >= 15 is 0 Å². The van der Waals surface area contributed by atoms with Crippen LogP contribution in [0.5, 0.6) is 5.75 Å². The lowest BCUT2D eigenvalue weighted by Gasteiger charge is -2.10. The first-order chi connectivity index (χ1) is 9.74. The molecule has 0 aliphatic rings. The summed E-state index contributed by atoms with van der Waals surface area (Å²) in [7, 11) is 0. The molecule has 2 aromatic rings. The van der Waals surface area contributed by atoms with E-state index in [1.165, 1.54) is 12.1 Å². The lowest BCUT2D eigenvalue weighted by atomic mass is 10.0. The molecular weight excluding hydrogens is 292 g/mol. The Hall–Kier alpha value is -2.57. The first-order valence-corrected chi connectivity index (χ1v) is 5.65. The molecule has 0 amide bonds. The van der Waals surface area contributed by atoms with Crippen molar-refractivity contribution in [3.05, 3.63) is 53.8 Å². The van der Waals surface area contributed by atoms with E-state index in [1.807, 2.05) is 0 Å². The molecule has 0 heterocycles. The van der Waals surface area contributed by atoms with Crippen LogP contribution in [0, 0.1) is 5.82 Å². The van der Waals surface area contributed by atoms with Crippen LogP contribution in [0.3, 0.4) is 0 Å². The van der Waals surface area contributed by atoms with Crippen LogP contribution in [0.25, 0.3) is 11.1 Å². The van der Waals surface area contributed by atoms with E-state index in [9.17, 15) is 22.4 Å². The maximum Gasteiger partial charge on any atom is 0.573 e. The quantitative estimate of drug-likeness (QED) is 0.868. The Labute approximate surface area is 116 Å². The molecule has 0 aliphatic heterocycles. The fourth-order valence-corrected chi connectivity index (χ4v) is 1.75. The maximum absolute atomic E-state index is 13.4. The summed E-state index contributed by atoms with van der Waals surface area (Å²) in [4.78, 5) is 10.9. The fraction of sp³-hybridized carbons (Fsp3) is 0.0714. The van der Waals surface area contributed by atoms with E-state index in [4.69, 9.17) is 5.11 Å². The number of aromatic carboxylic acids is 1. The van der Waals surface area contributed by atoms with Gasteiger partial charge in [0.2, 0.25) is 0 Å². The normalized spacial score (nSPS) is 11.2. The number of hydrogen-bond donors (Lipinski definition) is 1. The smallest absolute Gasteiger partial charge is 0.478 e. The van der Waals surface area contributed by atoms with Gasteiger partial charge in [0.25, 0.3) is 0 Å². The van der Waals surface area contributed by atoms with Crippen LogP contribution < -0.4 is 4.74 Å². The Morgan fingerprint density at radius 1 is 1.05 bits per heavy atom. The summed E-state index contributed by atoms with van der Waals surface area (Å²) in [6.07, 6.45) is -4.84. The molecule has 2 aromatic carbocycles. The first-order valence-electron chi connectivity index (χ1n) is 5.65.